The van der Waals surface area contributed by atoms with Gasteiger partial charge in [-0.25, -0.2) is 9.37 Å². The number of methoxy groups -OCH3 is 1. The van der Waals surface area contributed by atoms with Crippen LogP contribution in [-0.4, -0.2) is 54.6 Å². The zero-order valence-electron chi connectivity index (χ0n) is 20.8. The maximum Gasteiger partial charge on any atom is 0.251 e. The molecular weight excluding hydrogens is 515 g/mol. The number of fused-ring (bicyclic) bond motifs is 1. The second-order valence-corrected chi connectivity index (χ2v) is 9.80. The van der Waals surface area contributed by atoms with Gasteiger partial charge < -0.3 is 29.7 Å². The number of carbonyl (C=O) groups is 1. The monoisotopic (exact) mass is 542 g/mol. The number of carbonyl (C=O) groups excluding carboxylic acids is 1. The molecule has 1 atom stereocenters. The first-order valence-corrected chi connectivity index (χ1v) is 12.8. The molecule has 0 saturated heterocycles. The predicted molar refractivity (Wildman–Crippen MR) is 138 cm³/mol. The molecule has 2 aromatic carbocycles. The van der Waals surface area contributed by atoms with Crippen LogP contribution in [-0.2, 0) is 12.0 Å². The molecule has 0 radical (unpaired) electrons. The fraction of sp³-hybridized carbons (Fsp3) is 0.357. The van der Waals surface area contributed by atoms with E-state index in [-0.39, 0.29) is 30.7 Å². The first-order valence-electron chi connectivity index (χ1n) is 12.4. The van der Waals surface area contributed by atoms with Gasteiger partial charge in [0.05, 0.1) is 37.6 Å². The van der Waals surface area contributed by atoms with Gasteiger partial charge in [-0.2, -0.15) is 0 Å². The molecule has 1 aromatic heterocycles. The van der Waals surface area contributed by atoms with Crippen LogP contribution in [0.3, 0.4) is 0 Å². The molecule has 0 bridgehead atoms. The Hall–Kier alpha value is -3.40. The van der Waals surface area contributed by atoms with Gasteiger partial charge >= 0.3 is 0 Å². The first kappa shape index (κ1) is 26.2. The summed E-state index contributed by atoms with van der Waals surface area (Å²) in [6.45, 7) is 0.365. The zero-order valence-corrected chi connectivity index (χ0v) is 21.6. The number of hydrogen-bond donors (Lipinski definition) is 3. The average Bonchev–Trinajstić information content (AvgIpc) is 3.69. The molecule has 2 aliphatic rings. The maximum atomic E-state index is 13.8. The van der Waals surface area contributed by atoms with Crippen molar-refractivity contribution in [1.29, 1.82) is 0 Å². The minimum Gasteiger partial charge on any atom is -0.493 e. The maximum absolute atomic E-state index is 13.8. The fourth-order valence-electron chi connectivity index (χ4n) is 4.66. The topological polar surface area (TPSA) is 110 Å². The summed E-state index contributed by atoms with van der Waals surface area (Å²) in [4.78, 5) is 17.8. The third-order valence-corrected chi connectivity index (χ3v) is 7.14. The van der Waals surface area contributed by atoms with Gasteiger partial charge in [0.25, 0.3) is 5.91 Å². The summed E-state index contributed by atoms with van der Waals surface area (Å²) in [5.41, 5.74) is 1.28. The molecule has 1 saturated carbocycles. The highest BCUT2D eigenvalue weighted by atomic mass is 35.5. The number of nitrogens with zero attached hydrogens (tertiary/aromatic N) is 1. The molecule has 1 unspecified atom stereocenters. The van der Waals surface area contributed by atoms with Gasteiger partial charge in [0.2, 0.25) is 0 Å². The van der Waals surface area contributed by atoms with Crippen LogP contribution in [0.4, 0.5) is 4.39 Å². The molecule has 10 heteroatoms. The third-order valence-electron chi connectivity index (χ3n) is 6.85. The lowest BCUT2D eigenvalue weighted by Crippen LogP contribution is -2.43. The SMILES string of the molecule is COc1cc(C(=O)NCC(O)(c2cc3c(c(-c4ccc(F)c(Cl)c4)n2)OCC3)C2CC2)ccc1OCCO. The Morgan fingerprint density at radius 2 is 2.05 bits per heavy atom. The normalized spacial score (nSPS) is 15.8. The van der Waals surface area contributed by atoms with Crippen molar-refractivity contribution in [3.63, 3.8) is 0 Å². The number of aliphatic hydroxyl groups excluding tert-OH is 1. The van der Waals surface area contributed by atoms with E-state index in [2.05, 4.69) is 5.32 Å². The molecular formula is C28H28ClFN2O6. The Balaban J connectivity index is 1.43. The van der Waals surface area contributed by atoms with Gasteiger partial charge in [-0.15, -0.1) is 0 Å². The van der Waals surface area contributed by atoms with Crippen molar-refractivity contribution >= 4 is 17.5 Å². The van der Waals surface area contributed by atoms with Gasteiger partial charge in [-0.05, 0) is 61.2 Å². The molecule has 2 heterocycles. The van der Waals surface area contributed by atoms with E-state index in [9.17, 15) is 14.3 Å². The molecule has 5 rings (SSSR count). The number of halogens is 2. The van der Waals surface area contributed by atoms with Crippen molar-refractivity contribution in [2.45, 2.75) is 24.9 Å². The van der Waals surface area contributed by atoms with Crippen LogP contribution < -0.4 is 19.5 Å². The summed E-state index contributed by atoms with van der Waals surface area (Å²) in [5.74, 6) is 0.340. The second-order valence-electron chi connectivity index (χ2n) is 9.39. The van der Waals surface area contributed by atoms with Gasteiger partial charge in [0.15, 0.2) is 11.5 Å². The highest BCUT2D eigenvalue weighted by molar-refractivity contribution is 6.31. The highest BCUT2D eigenvalue weighted by Gasteiger charge is 2.47. The zero-order chi connectivity index (χ0) is 26.9. The number of benzene rings is 2. The number of amides is 1. The van der Waals surface area contributed by atoms with E-state index < -0.39 is 17.3 Å². The van der Waals surface area contributed by atoms with Gasteiger partial charge in [-0.1, -0.05) is 11.6 Å². The lowest BCUT2D eigenvalue weighted by molar-refractivity contribution is 0.00951. The molecule has 1 aliphatic carbocycles. The Bertz CT molecular complexity index is 1370. The van der Waals surface area contributed by atoms with E-state index >= 15 is 0 Å². The Morgan fingerprint density at radius 1 is 1.24 bits per heavy atom. The van der Waals surface area contributed by atoms with Crippen LogP contribution in [0, 0.1) is 11.7 Å². The molecule has 38 heavy (non-hydrogen) atoms. The number of hydrogen-bond acceptors (Lipinski definition) is 7. The van der Waals surface area contributed by atoms with E-state index in [4.69, 9.17) is 35.9 Å². The summed E-state index contributed by atoms with van der Waals surface area (Å²) in [7, 11) is 1.46. The molecule has 0 spiro atoms. The lowest BCUT2D eigenvalue weighted by Gasteiger charge is -2.29. The van der Waals surface area contributed by atoms with Crippen LogP contribution in [0.1, 0.15) is 34.5 Å². The van der Waals surface area contributed by atoms with Crippen LogP contribution in [0.15, 0.2) is 42.5 Å². The molecule has 3 aromatic rings. The van der Waals surface area contributed by atoms with E-state index in [1.807, 2.05) is 6.07 Å². The molecule has 8 nitrogen and oxygen atoms in total. The molecule has 1 aliphatic heterocycles. The summed E-state index contributed by atoms with van der Waals surface area (Å²) < 4.78 is 30.4. The fourth-order valence-corrected chi connectivity index (χ4v) is 4.84. The largest absolute Gasteiger partial charge is 0.493 e. The Morgan fingerprint density at radius 3 is 2.76 bits per heavy atom. The van der Waals surface area contributed by atoms with Gasteiger partial charge in [0.1, 0.15) is 29.5 Å². The molecule has 200 valence electrons. The number of ether oxygens (including phenoxy) is 3. The Labute approximate surface area is 224 Å². The number of rotatable bonds is 10. The average molecular weight is 543 g/mol. The van der Waals surface area contributed by atoms with Crippen LogP contribution in [0.2, 0.25) is 5.02 Å². The summed E-state index contributed by atoms with van der Waals surface area (Å²) in [5, 5.41) is 23.7. The van der Waals surface area contributed by atoms with Gasteiger partial charge in [-0.3, -0.25) is 4.79 Å². The molecule has 1 fully saturated rings. The van der Waals surface area contributed by atoms with Crippen molar-refractivity contribution < 1.29 is 33.6 Å². The van der Waals surface area contributed by atoms with E-state index in [1.165, 1.54) is 19.2 Å². The first-order chi connectivity index (χ1) is 18.3. The smallest absolute Gasteiger partial charge is 0.251 e. The lowest BCUT2D eigenvalue weighted by atomic mass is 9.90. The third kappa shape index (κ3) is 5.14. The second kappa shape index (κ2) is 10.8. The minimum atomic E-state index is -1.42. The standard InChI is InChI=1S/C28H28ClFN2O6/c1-36-23-13-18(3-7-22(23)37-11-9-33)27(34)31-15-28(35,19-4-5-19)24-14-17-8-10-38-26(17)25(32-24)16-2-6-21(30)20(29)12-16/h2-3,6-7,12-14,19,33,35H,4-5,8-11,15H2,1H3,(H,31,34). The number of nitrogens with one attached hydrogen (secondary N) is 1. The van der Waals surface area contributed by atoms with Crippen molar-refractivity contribution in [3.8, 4) is 28.5 Å². The number of aliphatic hydroxyl groups is 2. The molecule has 1 amide bonds. The number of pyridine rings is 1. The van der Waals surface area contributed by atoms with E-state index in [0.717, 1.165) is 18.4 Å². The number of aromatic nitrogens is 1. The van der Waals surface area contributed by atoms with Crippen LogP contribution in [0.25, 0.3) is 11.3 Å². The Kier molecular flexibility index (Phi) is 7.43. The van der Waals surface area contributed by atoms with Crippen molar-refractivity contribution in [2.24, 2.45) is 5.92 Å². The van der Waals surface area contributed by atoms with Crippen molar-refractivity contribution in [2.75, 3.05) is 33.5 Å². The summed E-state index contributed by atoms with van der Waals surface area (Å²) >= 11 is 6.04. The van der Waals surface area contributed by atoms with Gasteiger partial charge in [0, 0.05) is 23.1 Å². The van der Waals surface area contributed by atoms with E-state index in [1.54, 1.807) is 24.3 Å². The van der Waals surface area contributed by atoms with Crippen molar-refractivity contribution in [3.05, 3.63) is 70.1 Å². The minimum absolute atomic E-state index is 0.0330. The molecule has 3 N–H and O–H groups in total. The van der Waals surface area contributed by atoms with Crippen LogP contribution >= 0.6 is 11.6 Å². The highest BCUT2D eigenvalue weighted by Crippen LogP contribution is 2.47. The van der Waals surface area contributed by atoms with Crippen molar-refractivity contribution in [1.82, 2.24) is 10.3 Å². The summed E-state index contributed by atoms with van der Waals surface area (Å²) in [6, 6.07) is 10.9. The summed E-state index contributed by atoms with van der Waals surface area (Å²) in [6.07, 6.45) is 2.23. The van der Waals surface area contributed by atoms with Crippen LogP contribution in [0.5, 0.6) is 17.2 Å². The quantitative estimate of drug-likeness (QED) is 0.356. The van der Waals surface area contributed by atoms with E-state index in [0.29, 0.717) is 52.8 Å². The predicted octanol–water partition coefficient (Wildman–Crippen LogP) is 3.88.